The molecule has 5 aromatic rings. The van der Waals surface area contributed by atoms with Crippen molar-refractivity contribution in [3.8, 4) is 22.9 Å². The number of aryl methyl sites for hydroxylation is 1. The highest BCUT2D eigenvalue weighted by molar-refractivity contribution is 7.90. The van der Waals surface area contributed by atoms with Crippen LogP contribution < -0.4 is 10.0 Å². The van der Waals surface area contributed by atoms with Crippen molar-refractivity contribution in [2.45, 2.75) is 57.0 Å². The second-order valence-corrected chi connectivity index (χ2v) is 13.6. The lowest BCUT2D eigenvalue weighted by Gasteiger charge is -2.15. The highest BCUT2D eigenvalue weighted by Crippen LogP contribution is 2.37. The van der Waals surface area contributed by atoms with Gasteiger partial charge in [0.15, 0.2) is 0 Å². The minimum Gasteiger partial charge on any atom is -0.326 e. The standard InChI is InChI=1S/C38H32F5N5O4S/c1-3-5-13-32-28(34(22-44)48(46-32)33-21-25(45-36(49)4-2)17-18-29(33)38(41,42)43)19-24-16-15-23(20-31(24)40)26-10-7-9-14-35(26)53(51,52)47-37(50)27-11-6-8-12-30(27)39/h6-12,14-18,20-21H,3-5,13,19H2,1-2H3,(H,45,49)(H,47,50). The number of nitrogens with one attached hydrogen (secondary N) is 2. The minimum atomic E-state index is -4.85. The number of anilines is 1. The quantitative estimate of drug-likeness (QED) is 0.124. The topological polar surface area (TPSA) is 134 Å². The normalized spacial score (nSPS) is 11.6. The van der Waals surface area contributed by atoms with Crippen LogP contribution in [0.4, 0.5) is 27.6 Å². The van der Waals surface area contributed by atoms with Crippen molar-refractivity contribution < 1.29 is 40.0 Å². The molecule has 0 radical (unpaired) electrons. The molecule has 0 aliphatic rings. The van der Waals surface area contributed by atoms with Gasteiger partial charge in [0.2, 0.25) is 5.91 Å². The van der Waals surface area contributed by atoms with Gasteiger partial charge in [-0.1, -0.05) is 62.7 Å². The molecule has 15 heteroatoms. The molecule has 0 aliphatic carbocycles. The summed E-state index contributed by atoms with van der Waals surface area (Å²) in [6.07, 6.45) is -3.51. The van der Waals surface area contributed by atoms with Crippen LogP contribution in [0, 0.1) is 23.0 Å². The van der Waals surface area contributed by atoms with Gasteiger partial charge in [0.25, 0.3) is 15.9 Å². The lowest BCUT2D eigenvalue weighted by Crippen LogP contribution is -2.31. The average molecular weight is 750 g/mol. The van der Waals surface area contributed by atoms with Gasteiger partial charge in [-0.25, -0.2) is 26.6 Å². The second-order valence-electron chi connectivity index (χ2n) is 11.9. The fraction of sp³-hybridized carbons (Fsp3) is 0.211. The van der Waals surface area contributed by atoms with E-state index in [2.05, 4.69) is 10.4 Å². The van der Waals surface area contributed by atoms with Crippen LogP contribution in [0.15, 0.2) is 89.8 Å². The number of hydrogen-bond donors (Lipinski definition) is 2. The SMILES string of the molecule is CCCCc1nn(-c2cc(NC(=O)CC)ccc2C(F)(F)F)c(C#N)c1Cc1ccc(-c2ccccc2S(=O)(=O)NC(=O)c2ccccc2F)cc1F. The van der Waals surface area contributed by atoms with E-state index >= 15 is 4.39 Å². The Morgan fingerprint density at radius 1 is 0.925 bits per heavy atom. The molecule has 9 nitrogen and oxygen atoms in total. The molecule has 0 unspecified atom stereocenters. The largest absolute Gasteiger partial charge is 0.418 e. The van der Waals surface area contributed by atoms with Crippen LogP contribution in [0.1, 0.15) is 71.5 Å². The van der Waals surface area contributed by atoms with E-state index in [-0.39, 0.29) is 63.5 Å². The summed E-state index contributed by atoms with van der Waals surface area (Å²) in [6, 6.07) is 19.1. The first-order chi connectivity index (χ1) is 25.2. The van der Waals surface area contributed by atoms with Gasteiger partial charge >= 0.3 is 6.18 Å². The number of nitriles is 1. The first kappa shape index (κ1) is 38.4. The summed E-state index contributed by atoms with van der Waals surface area (Å²) in [4.78, 5) is 24.3. The lowest BCUT2D eigenvalue weighted by atomic mass is 9.97. The third-order valence-electron chi connectivity index (χ3n) is 8.33. The van der Waals surface area contributed by atoms with Crippen molar-refractivity contribution in [3.63, 3.8) is 0 Å². The molecular weight excluding hydrogens is 718 g/mol. The van der Waals surface area contributed by atoms with Gasteiger partial charge in [-0.15, -0.1) is 0 Å². The van der Waals surface area contributed by atoms with Gasteiger partial charge in [-0.3, -0.25) is 9.59 Å². The third-order valence-corrected chi connectivity index (χ3v) is 9.72. The molecule has 5 rings (SSSR count). The summed E-state index contributed by atoms with van der Waals surface area (Å²) < 4.78 is 102. The van der Waals surface area contributed by atoms with E-state index in [4.69, 9.17) is 0 Å². The maximum Gasteiger partial charge on any atom is 0.418 e. The predicted molar refractivity (Wildman–Crippen MR) is 187 cm³/mol. The Hall–Kier alpha value is -5.88. The number of hydrogen-bond acceptors (Lipinski definition) is 6. The number of alkyl halides is 3. The minimum absolute atomic E-state index is 0.0238. The van der Waals surface area contributed by atoms with E-state index < -0.39 is 56.5 Å². The first-order valence-electron chi connectivity index (χ1n) is 16.4. The molecule has 0 fully saturated rings. The van der Waals surface area contributed by atoms with Gasteiger partial charge in [0.05, 0.1) is 27.4 Å². The average Bonchev–Trinajstić information content (AvgIpc) is 3.47. The molecule has 2 N–H and O–H groups in total. The monoisotopic (exact) mass is 749 g/mol. The molecule has 274 valence electrons. The molecular formula is C38H32F5N5O4S. The number of sulfonamides is 1. The summed E-state index contributed by atoms with van der Waals surface area (Å²) in [5.74, 6) is -3.38. The highest BCUT2D eigenvalue weighted by atomic mass is 32.2. The first-order valence-corrected chi connectivity index (χ1v) is 17.9. The van der Waals surface area contributed by atoms with Crippen LogP contribution >= 0.6 is 0 Å². The molecule has 1 aromatic heterocycles. The summed E-state index contributed by atoms with van der Waals surface area (Å²) in [5, 5.41) is 17.2. The van der Waals surface area contributed by atoms with Crippen LogP contribution in [-0.2, 0) is 33.8 Å². The zero-order chi connectivity index (χ0) is 38.5. The van der Waals surface area contributed by atoms with Gasteiger partial charge in [0.1, 0.15) is 23.4 Å². The van der Waals surface area contributed by atoms with E-state index in [9.17, 15) is 40.8 Å². The van der Waals surface area contributed by atoms with E-state index in [1.165, 1.54) is 48.5 Å². The van der Waals surface area contributed by atoms with Crippen LogP contribution in [0.5, 0.6) is 0 Å². The van der Waals surface area contributed by atoms with Gasteiger partial charge in [-0.2, -0.15) is 23.5 Å². The van der Waals surface area contributed by atoms with Crippen molar-refractivity contribution in [1.29, 1.82) is 5.26 Å². The van der Waals surface area contributed by atoms with E-state index in [1.807, 2.05) is 17.7 Å². The number of unbranched alkanes of at least 4 members (excludes halogenated alkanes) is 1. The molecule has 53 heavy (non-hydrogen) atoms. The molecule has 0 spiro atoms. The van der Waals surface area contributed by atoms with Crippen molar-refractivity contribution in [2.75, 3.05) is 5.32 Å². The zero-order valence-corrected chi connectivity index (χ0v) is 29.2. The summed E-state index contributed by atoms with van der Waals surface area (Å²) >= 11 is 0. The number of carbonyl (C=O) groups is 2. The maximum absolute atomic E-state index is 15.9. The van der Waals surface area contributed by atoms with Crippen LogP contribution in [0.2, 0.25) is 0 Å². The number of carbonyl (C=O) groups excluding carboxylic acids is 2. The smallest absolute Gasteiger partial charge is 0.326 e. The Morgan fingerprint density at radius 2 is 1.64 bits per heavy atom. The van der Waals surface area contributed by atoms with Gasteiger partial charge < -0.3 is 5.32 Å². The molecule has 0 saturated heterocycles. The molecule has 1 heterocycles. The second kappa shape index (κ2) is 15.8. The Labute approximate surface area is 302 Å². The molecule has 0 aliphatic heterocycles. The van der Waals surface area contributed by atoms with Crippen molar-refractivity contribution in [1.82, 2.24) is 14.5 Å². The third kappa shape index (κ3) is 8.44. The summed E-state index contributed by atoms with van der Waals surface area (Å²) in [7, 11) is -4.59. The molecule has 0 bridgehead atoms. The number of nitrogens with zero attached hydrogens (tertiary/aromatic N) is 3. The highest BCUT2D eigenvalue weighted by Gasteiger charge is 2.36. The van der Waals surface area contributed by atoms with Crippen molar-refractivity contribution in [3.05, 3.63) is 130 Å². The molecule has 0 saturated carbocycles. The maximum atomic E-state index is 15.9. The van der Waals surface area contributed by atoms with E-state index in [1.54, 1.807) is 6.92 Å². The number of benzene rings is 4. The fourth-order valence-electron chi connectivity index (χ4n) is 5.65. The van der Waals surface area contributed by atoms with E-state index in [0.717, 1.165) is 41.1 Å². The number of amides is 2. The number of halogens is 5. The summed E-state index contributed by atoms with van der Waals surface area (Å²) in [5.41, 5.74) is -1.64. The molecule has 0 atom stereocenters. The fourth-order valence-corrected chi connectivity index (χ4v) is 6.85. The van der Waals surface area contributed by atoms with Gasteiger partial charge in [0, 0.05) is 29.7 Å². The predicted octanol–water partition coefficient (Wildman–Crippen LogP) is 8.11. The Morgan fingerprint density at radius 3 is 2.30 bits per heavy atom. The lowest BCUT2D eigenvalue weighted by molar-refractivity contribution is -0.137. The van der Waals surface area contributed by atoms with Crippen LogP contribution in [0.25, 0.3) is 16.8 Å². The Balaban J connectivity index is 1.54. The number of aromatic nitrogens is 2. The zero-order valence-electron chi connectivity index (χ0n) is 28.4. The van der Waals surface area contributed by atoms with Crippen LogP contribution in [-0.4, -0.2) is 30.0 Å². The molecule has 2 amide bonds. The van der Waals surface area contributed by atoms with Crippen molar-refractivity contribution in [2.24, 2.45) is 0 Å². The Bertz CT molecular complexity index is 2350. The number of rotatable bonds is 12. The van der Waals surface area contributed by atoms with E-state index in [0.29, 0.717) is 12.8 Å². The summed E-state index contributed by atoms with van der Waals surface area (Å²) in [6.45, 7) is 3.47. The van der Waals surface area contributed by atoms with Crippen LogP contribution in [0.3, 0.4) is 0 Å². The van der Waals surface area contributed by atoms with Gasteiger partial charge in [-0.05, 0) is 66.4 Å². The molecule has 4 aromatic carbocycles. The van der Waals surface area contributed by atoms with Crippen molar-refractivity contribution >= 4 is 27.5 Å². The Kier molecular flexibility index (Phi) is 11.4.